The number of rotatable bonds is 3. The lowest BCUT2D eigenvalue weighted by Crippen LogP contribution is -2.35. The van der Waals surface area contributed by atoms with Crippen molar-refractivity contribution in [2.75, 3.05) is 39.1 Å². The second-order valence-corrected chi connectivity index (χ2v) is 6.84. The number of ether oxygens (including phenoxy) is 1. The molecule has 0 unspecified atom stereocenters. The highest BCUT2D eigenvalue weighted by atomic mass is 32.2. The molecule has 29 heavy (non-hydrogen) atoms. The molecule has 2 aliphatic heterocycles. The highest BCUT2D eigenvalue weighted by Gasteiger charge is 2.26. The maximum atomic E-state index is 11.8. The fraction of sp³-hybridized carbons (Fsp3) is 0.500. The maximum absolute atomic E-state index is 11.8. The molecule has 0 saturated carbocycles. The first-order valence-electron chi connectivity index (χ1n) is 10.1. The van der Waals surface area contributed by atoms with Crippen LogP contribution in [-0.4, -0.2) is 66.2 Å². The zero-order valence-electron chi connectivity index (χ0n) is 18.3. The summed E-state index contributed by atoms with van der Waals surface area (Å²) in [5, 5.41) is 0.743. The lowest BCUT2D eigenvalue weighted by molar-refractivity contribution is -0.122. The Balaban J connectivity index is 0.000000627. The molecule has 2 fully saturated rings. The van der Waals surface area contributed by atoms with E-state index in [1.165, 1.54) is 17.5 Å². The van der Waals surface area contributed by atoms with Crippen molar-refractivity contribution in [2.24, 2.45) is 9.98 Å². The van der Waals surface area contributed by atoms with Gasteiger partial charge in [-0.25, -0.2) is 4.99 Å². The van der Waals surface area contributed by atoms with E-state index in [1.54, 1.807) is 24.4 Å². The van der Waals surface area contributed by atoms with Crippen LogP contribution in [0.1, 0.15) is 34.1 Å². The summed E-state index contributed by atoms with van der Waals surface area (Å²) in [6.07, 6.45) is 14.6. The molecular weight excluding hydrogens is 384 g/mol. The molecule has 1 amide bonds. The minimum Gasteiger partial charge on any atom is -0.378 e. The molecule has 3 rings (SSSR count). The molecule has 3 aliphatic rings. The normalized spacial score (nSPS) is 20.9. The Bertz CT molecular complexity index is 683. The molecule has 2 heterocycles. The second kappa shape index (κ2) is 14.8. The third kappa shape index (κ3) is 8.41. The van der Waals surface area contributed by atoms with E-state index >= 15 is 0 Å². The average Bonchev–Trinajstić information content (AvgIpc) is 2.97. The van der Waals surface area contributed by atoms with Crippen LogP contribution >= 0.6 is 11.8 Å². The van der Waals surface area contributed by atoms with Crippen molar-refractivity contribution in [3.8, 4) is 0 Å². The highest BCUT2D eigenvalue weighted by Crippen LogP contribution is 2.23. The van der Waals surface area contributed by atoms with Gasteiger partial charge in [-0.15, -0.1) is 0 Å². The van der Waals surface area contributed by atoms with Crippen LogP contribution < -0.4 is 0 Å². The van der Waals surface area contributed by atoms with Gasteiger partial charge in [0.05, 0.1) is 24.7 Å². The predicted molar refractivity (Wildman–Crippen MR) is 125 cm³/mol. The van der Waals surface area contributed by atoms with Crippen molar-refractivity contribution in [1.29, 1.82) is 0 Å². The molecular formula is C22H34N4O2S. The van der Waals surface area contributed by atoms with E-state index < -0.39 is 0 Å². The van der Waals surface area contributed by atoms with Gasteiger partial charge >= 0.3 is 0 Å². The minimum atomic E-state index is 0.0783. The Morgan fingerprint density at radius 3 is 2.48 bits per heavy atom. The van der Waals surface area contributed by atoms with Gasteiger partial charge in [0.2, 0.25) is 5.91 Å². The van der Waals surface area contributed by atoms with Crippen LogP contribution in [0.3, 0.4) is 0 Å². The number of aliphatic imine (C=N–C) groups is 2. The molecule has 0 bridgehead atoms. The summed E-state index contributed by atoms with van der Waals surface area (Å²) in [6.45, 7) is 11.2. The van der Waals surface area contributed by atoms with E-state index in [0.717, 1.165) is 43.6 Å². The monoisotopic (exact) mass is 418 g/mol. The van der Waals surface area contributed by atoms with E-state index in [0.29, 0.717) is 5.75 Å². The lowest BCUT2D eigenvalue weighted by Gasteiger charge is -2.30. The van der Waals surface area contributed by atoms with E-state index in [1.807, 2.05) is 45.9 Å². The van der Waals surface area contributed by atoms with Crippen molar-refractivity contribution in [3.05, 3.63) is 48.0 Å². The number of thioether (sulfide) groups is 1. The van der Waals surface area contributed by atoms with Gasteiger partial charge in [0, 0.05) is 38.5 Å². The first-order chi connectivity index (χ1) is 14.2. The molecule has 0 aromatic heterocycles. The molecule has 0 radical (unpaired) electrons. The zero-order chi connectivity index (χ0) is 21.5. The molecule has 0 atom stereocenters. The average molecular weight is 419 g/mol. The molecule has 160 valence electrons. The molecule has 7 heteroatoms. The number of allylic oxidation sites excluding steroid dienone is 5. The van der Waals surface area contributed by atoms with Crippen LogP contribution in [0.15, 0.2) is 58.0 Å². The minimum absolute atomic E-state index is 0.0783. The topological polar surface area (TPSA) is 57.5 Å². The van der Waals surface area contributed by atoms with E-state index in [4.69, 9.17) is 4.74 Å². The standard InChI is InChI=1S/C17H21N3O2S.C3H7N.C2H6/c1-2-8-20-16(21)13-23-17(20)18-14-4-3-5-15(7-6-14)19-9-11-22-12-10-19;1-3-4-2;1-2/h2-4,6-8H,5,9-13H2,1H3;3H,1-2H3;1-2H3/b8-2+,18-17?;;. The number of amides is 1. The van der Waals surface area contributed by atoms with Crippen molar-refractivity contribution in [2.45, 2.75) is 34.1 Å². The Labute approximate surface area is 179 Å². The highest BCUT2D eigenvalue weighted by molar-refractivity contribution is 8.15. The number of hydrogen-bond donors (Lipinski definition) is 0. The van der Waals surface area contributed by atoms with Gasteiger partial charge in [0.1, 0.15) is 0 Å². The van der Waals surface area contributed by atoms with Crippen molar-refractivity contribution in [3.63, 3.8) is 0 Å². The van der Waals surface area contributed by atoms with Crippen LogP contribution in [0.5, 0.6) is 0 Å². The molecule has 0 N–H and O–H groups in total. The molecule has 1 aliphatic carbocycles. The third-order valence-corrected chi connectivity index (χ3v) is 5.00. The van der Waals surface area contributed by atoms with E-state index in [-0.39, 0.29) is 5.91 Å². The molecule has 0 aromatic rings. The quantitative estimate of drug-likeness (QED) is 0.643. The molecule has 0 spiro atoms. The third-order valence-electron chi connectivity index (χ3n) is 4.06. The van der Waals surface area contributed by atoms with Crippen molar-refractivity contribution >= 4 is 29.1 Å². The Morgan fingerprint density at radius 1 is 1.17 bits per heavy atom. The summed E-state index contributed by atoms with van der Waals surface area (Å²) in [7, 11) is 1.75. The fourth-order valence-electron chi connectivity index (χ4n) is 2.63. The zero-order valence-corrected chi connectivity index (χ0v) is 19.1. The first kappa shape index (κ1) is 24.9. The number of amidine groups is 1. The first-order valence-corrected chi connectivity index (χ1v) is 11.1. The van der Waals surface area contributed by atoms with Gasteiger partial charge in [0.15, 0.2) is 5.17 Å². The van der Waals surface area contributed by atoms with Gasteiger partial charge in [-0.1, -0.05) is 37.8 Å². The molecule has 0 aromatic carbocycles. The fourth-order valence-corrected chi connectivity index (χ4v) is 3.49. The second-order valence-electron chi connectivity index (χ2n) is 5.90. The van der Waals surface area contributed by atoms with Gasteiger partial charge in [0.25, 0.3) is 0 Å². The summed E-state index contributed by atoms with van der Waals surface area (Å²) >= 11 is 1.48. The smallest absolute Gasteiger partial charge is 0.243 e. The van der Waals surface area contributed by atoms with Gasteiger partial charge in [-0.05, 0) is 38.3 Å². The van der Waals surface area contributed by atoms with Crippen molar-refractivity contribution < 1.29 is 9.53 Å². The van der Waals surface area contributed by atoms with Crippen LogP contribution in [0.4, 0.5) is 0 Å². The number of nitrogens with zero attached hydrogens (tertiary/aromatic N) is 4. The van der Waals surface area contributed by atoms with Gasteiger partial charge < -0.3 is 14.6 Å². The Kier molecular flexibility index (Phi) is 12.7. The van der Waals surface area contributed by atoms with E-state index in [9.17, 15) is 4.79 Å². The van der Waals surface area contributed by atoms with Gasteiger partial charge in [-0.3, -0.25) is 9.69 Å². The summed E-state index contributed by atoms with van der Waals surface area (Å²) in [6, 6.07) is 0. The summed E-state index contributed by atoms with van der Waals surface area (Å²) in [5.74, 6) is 0.532. The predicted octanol–water partition coefficient (Wildman–Crippen LogP) is 4.24. The number of carbonyl (C=O) groups excluding carboxylic acids is 1. The van der Waals surface area contributed by atoms with Gasteiger partial charge in [-0.2, -0.15) is 0 Å². The van der Waals surface area contributed by atoms with Crippen LogP contribution in [0.2, 0.25) is 0 Å². The Hall–Kier alpha value is -2.12. The van der Waals surface area contributed by atoms with Crippen LogP contribution in [-0.2, 0) is 9.53 Å². The van der Waals surface area contributed by atoms with Crippen LogP contribution in [0.25, 0.3) is 0 Å². The number of carbonyl (C=O) groups is 1. The lowest BCUT2D eigenvalue weighted by atomic mass is 10.2. The summed E-state index contributed by atoms with van der Waals surface area (Å²) in [4.78, 5) is 24.1. The van der Waals surface area contributed by atoms with Crippen LogP contribution in [0, 0.1) is 0 Å². The number of hydrogen-bond acceptors (Lipinski definition) is 6. The maximum Gasteiger partial charge on any atom is 0.243 e. The SMILES string of the molecule is C/C=C/N1C(=O)CSC1=NC1=CC=C(N2CCOCC2)CC=C1.CC.CC=NC. The summed E-state index contributed by atoms with van der Waals surface area (Å²) in [5.41, 5.74) is 2.17. The Morgan fingerprint density at radius 2 is 1.86 bits per heavy atom. The molecule has 2 saturated heterocycles. The largest absolute Gasteiger partial charge is 0.378 e. The summed E-state index contributed by atoms with van der Waals surface area (Å²) < 4.78 is 5.41. The molecule has 6 nitrogen and oxygen atoms in total. The van der Waals surface area contributed by atoms with E-state index in [2.05, 4.69) is 27.0 Å². The van der Waals surface area contributed by atoms with Crippen molar-refractivity contribution in [1.82, 2.24) is 9.80 Å². The number of morpholine rings is 1.